The van der Waals surface area contributed by atoms with Crippen molar-refractivity contribution in [1.82, 2.24) is 15.1 Å². The molecule has 0 aromatic rings. The highest BCUT2D eigenvalue weighted by Gasteiger charge is 2.41. The maximum atomic E-state index is 13.4. The molecule has 10 heteroatoms. The third-order valence-corrected chi connectivity index (χ3v) is 6.36. The molecule has 1 aliphatic carbocycles. The molecule has 10 nitrogen and oxygen atoms in total. The lowest BCUT2D eigenvalue weighted by Gasteiger charge is -2.35. The Balaban J connectivity index is 2.15. The van der Waals surface area contributed by atoms with Gasteiger partial charge in [0.05, 0.1) is 0 Å². The van der Waals surface area contributed by atoms with Crippen molar-refractivity contribution in [3.8, 4) is 0 Å². The number of esters is 1. The van der Waals surface area contributed by atoms with Gasteiger partial charge in [-0.2, -0.15) is 0 Å². The Hall–Kier alpha value is -2.65. The first-order valence-corrected chi connectivity index (χ1v) is 11.7. The van der Waals surface area contributed by atoms with Crippen molar-refractivity contribution in [3.05, 3.63) is 0 Å². The Morgan fingerprint density at radius 2 is 1.64 bits per heavy atom. The van der Waals surface area contributed by atoms with E-state index in [1.165, 1.54) is 18.9 Å². The van der Waals surface area contributed by atoms with Crippen LogP contribution in [-0.4, -0.2) is 81.9 Å². The third kappa shape index (κ3) is 6.91. The van der Waals surface area contributed by atoms with E-state index < -0.39 is 53.4 Å². The summed E-state index contributed by atoms with van der Waals surface area (Å²) < 4.78 is 5.09. The van der Waals surface area contributed by atoms with Gasteiger partial charge in [0.2, 0.25) is 11.8 Å². The molecule has 0 aromatic heterocycles. The Morgan fingerprint density at radius 1 is 1.03 bits per heavy atom. The molecular formula is C23H37N3O7. The number of nitrogens with one attached hydrogen (secondary N) is 1. The largest absolute Gasteiger partial charge is 0.480 e. The van der Waals surface area contributed by atoms with Gasteiger partial charge in [-0.15, -0.1) is 0 Å². The van der Waals surface area contributed by atoms with E-state index in [1.807, 2.05) is 0 Å². The van der Waals surface area contributed by atoms with Crippen LogP contribution in [0.5, 0.6) is 0 Å². The number of hydrogen-bond acceptors (Lipinski definition) is 6. The Labute approximate surface area is 195 Å². The summed E-state index contributed by atoms with van der Waals surface area (Å²) in [5, 5.41) is 12.3. The van der Waals surface area contributed by atoms with Crippen LogP contribution in [-0.2, 0) is 28.7 Å². The van der Waals surface area contributed by atoms with Crippen molar-refractivity contribution in [2.24, 2.45) is 5.92 Å². The van der Waals surface area contributed by atoms with Gasteiger partial charge < -0.3 is 25.0 Å². The highest BCUT2D eigenvalue weighted by molar-refractivity contribution is 6.32. The lowest BCUT2D eigenvalue weighted by Crippen LogP contribution is -2.58. The molecule has 0 bridgehead atoms. The molecule has 1 saturated carbocycles. The van der Waals surface area contributed by atoms with E-state index in [0.717, 1.165) is 37.0 Å². The molecule has 3 amide bonds. The zero-order chi connectivity index (χ0) is 24.9. The van der Waals surface area contributed by atoms with Crippen LogP contribution in [0.1, 0.15) is 72.6 Å². The van der Waals surface area contributed by atoms with Gasteiger partial charge in [-0.25, -0.2) is 9.59 Å². The van der Waals surface area contributed by atoms with E-state index in [1.54, 1.807) is 20.8 Å². The molecule has 1 heterocycles. The van der Waals surface area contributed by atoms with Gasteiger partial charge in [-0.3, -0.25) is 14.4 Å². The van der Waals surface area contributed by atoms with Crippen molar-refractivity contribution in [2.45, 2.75) is 96.4 Å². The molecule has 1 saturated heterocycles. The van der Waals surface area contributed by atoms with E-state index in [2.05, 4.69) is 5.32 Å². The Bertz CT molecular complexity index is 771. The van der Waals surface area contributed by atoms with E-state index in [9.17, 15) is 29.1 Å². The van der Waals surface area contributed by atoms with Crippen LogP contribution in [0.3, 0.4) is 0 Å². The summed E-state index contributed by atoms with van der Waals surface area (Å²) in [5.41, 5.74) is -0.853. The zero-order valence-corrected chi connectivity index (χ0v) is 20.3. The van der Waals surface area contributed by atoms with Gasteiger partial charge in [0.25, 0.3) is 0 Å². The van der Waals surface area contributed by atoms with Crippen LogP contribution in [0.4, 0.5) is 0 Å². The Kier molecular flexibility index (Phi) is 8.85. The lowest BCUT2D eigenvalue weighted by atomic mass is 9.83. The summed E-state index contributed by atoms with van der Waals surface area (Å²) >= 11 is 0. The van der Waals surface area contributed by atoms with Crippen LogP contribution in [0, 0.1) is 5.92 Å². The van der Waals surface area contributed by atoms with Crippen LogP contribution in [0.2, 0.25) is 0 Å². The van der Waals surface area contributed by atoms with Crippen molar-refractivity contribution >= 4 is 29.7 Å². The summed E-state index contributed by atoms with van der Waals surface area (Å²) in [4.78, 5) is 64.9. The second-order valence-electron chi connectivity index (χ2n) is 10.0. The van der Waals surface area contributed by atoms with Gasteiger partial charge in [0.15, 0.2) is 0 Å². The van der Waals surface area contributed by atoms with Crippen molar-refractivity contribution in [1.29, 1.82) is 0 Å². The molecule has 33 heavy (non-hydrogen) atoms. The Morgan fingerprint density at radius 3 is 2.18 bits per heavy atom. The predicted molar refractivity (Wildman–Crippen MR) is 119 cm³/mol. The van der Waals surface area contributed by atoms with Crippen molar-refractivity contribution < 1.29 is 33.8 Å². The minimum atomic E-state index is -1.06. The third-order valence-electron chi connectivity index (χ3n) is 6.36. The fraction of sp³-hybridized carbons (Fsp3) is 0.783. The fourth-order valence-corrected chi connectivity index (χ4v) is 4.41. The number of amides is 3. The van der Waals surface area contributed by atoms with E-state index >= 15 is 0 Å². The van der Waals surface area contributed by atoms with Gasteiger partial charge >= 0.3 is 17.8 Å². The molecule has 3 atom stereocenters. The number of aliphatic carboxylic acids is 1. The lowest BCUT2D eigenvalue weighted by molar-refractivity contribution is -0.168. The number of rotatable bonds is 6. The highest BCUT2D eigenvalue weighted by atomic mass is 16.6. The maximum absolute atomic E-state index is 13.4. The van der Waals surface area contributed by atoms with Gasteiger partial charge in [-0.1, -0.05) is 19.3 Å². The standard InChI is InChI=1S/C23H37N3O7/c1-14(25(5)20(29)22(32)33-23(2,3)4)18(27)24-17(15-10-7-6-8-11-15)19(28)26-13-9-12-16(26)21(30)31/h14-17H,6-13H2,1-5H3,(H,24,27)(H,30,31)/t14-,16-,17-/m0/s1. The number of carboxylic acids is 1. The first-order valence-electron chi connectivity index (χ1n) is 11.7. The molecule has 2 N–H and O–H groups in total. The quantitative estimate of drug-likeness (QED) is 0.444. The van der Waals surface area contributed by atoms with Crippen LogP contribution in [0.25, 0.3) is 0 Å². The summed E-state index contributed by atoms with van der Waals surface area (Å²) in [6, 6.07) is -2.79. The molecule has 2 rings (SSSR count). The predicted octanol–water partition coefficient (Wildman–Crippen LogP) is 1.32. The zero-order valence-electron chi connectivity index (χ0n) is 20.3. The monoisotopic (exact) mass is 467 g/mol. The van der Waals surface area contributed by atoms with E-state index in [4.69, 9.17) is 4.74 Å². The number of ether oxygens (including phenoxy) is 1. The number of carboxylic acid groups (broad SMARTS) is 1. The SMILES string of the molecule is C[C@@H](C(=O)N[C@H](C(=O)N1CCC[C@H]1C(=O)O)C1CCCCC1)N(C)C(=O)C(=O)OC(C)(C)C. The van der Waals surface area contributed by atoms with Crippen molar-refractivity contribution in [2.75, 3.05) is 13.6 Å². The number of carbonyl (C=O) groups is 5. The smallest absolute Gasteiger partial charge is 0.397 e. The van der Waals surface area contributed by atoms with Crippen molar-refractivity contribution in [3.63, 3.8) is 0 Å². The number of likely N-dealkylation sites (tertiary alicyclic amines) is 1. The first kappa shape index (κ1) is 26.6. The summed E-state index contributed by atoms with van der Waals surface area (Å²) in [5.74, 6) is -4.16. The average Bonchev–Trinajstić information content (AvgIpc) is 3.25. The molecule has 0 unspecified atom stereocenters. The average molecular weight is 468 g/mol. The molecular weight excluding hydrogens is 430 g/mol. The van der Waals surface area contributed by atoms with E-state index in [0.29, 0.717) is 19.4 Å². The van der Waals surface area contributed by atoms with Gasteiger partial charge in [0, 0.05) is 13.6 Å². The second kappa shape index (κ2) is 11.0. The normalized spacial score (nSPS) is 21.1. The topological polar surface area (TPSA) is 133 Å². The molecule has 186 valence electrons. The molecule has 0 aromatic carbocycles. The second-order valence-corrected chi connectivity index (χ2v) is 10.0. The molecule has 2 aliphatic rings. The van der Waals surface area contributed by atoms with Crippen LogP contribution < -0.4 is 5.32 Å². The first-order chi connectivity index (χ1) is 15.3. The number of likely N-dealkylation sites (N-methyl/N-ethyl adjacent to an activating group) is 1. The minimum absolute atomic E-state index is 0.107. The maximum Gasteiger partial charge on any atom is 0.397 e. The summed E-state index contributed by atoms with van der Waals surface area (Å²) in [6.07, 6.45) is 5.40. The summed E-state index contributed by atoms with van der Waals surface area (Å²) in [6.45, 7) is 6.71. The van der Waals surface area contributed by atoms with Crippen LogP contribution >= 0.6 is 0 Å². The minimum Gasteiger partial charge on any atom is -0.480 e. The van der Waals surface area contributed by atoms with E-state index in [-0.39, 0.29) is 5.92 Å². The molecule has 0 radical (unpaired) electrons. The fourth-order valence-electron chi connectivity index (χ4n) is 4.41. The number of nitrogens with zero attached hydrogens (tertiary/aromatic N) is 2. The highest BCUT2D eigenvalue weighted by Crippen LogP contribution is 2.29. The summed E-state index contributed by atoms with van der Waals surface area (Å²) in [7, 11) is 1.33. The molecule has 2 fully saturated rings. The van der Waals surface area contributed by atoms with Gasteiger partial charge in [0.1, 0.15) is 23.7 Å². The number of hydrogen-bond donors (Lipinski definition) is 2. The van der Waals surface area contributed by atoms with Crippen LogP contribution in [0.15, 0.2) is 0 Å². The molecule has 0 spiro atoms. The number of carbonyl (C=O) groups excluding carboxylic acids is 4. The van der Waals surface area contributed by atoms with Gasteiger partial charge in [-0.05, 0) is 59.3 Å². The molecule has 1 aliphatic heterocycles.